The number of benzene rings is 2. The van der Waals surface area contributed by atoms with E-state index < -0.39 is 12.0 Å². The third-order valence-corrected chi connectivity index (χ3v) is 4.26. The number of ether oxygens (including phenoxy) is 1. The average Bonchev–Trinajstić information content (AvgIpc) is 3.21. The molecular formula is C23H24N2O4. The fourth-order valence-electron chi connectivity index (χ4n) is 2.85. The quantitative estimate of drug-likeness (QED) is 0.580. The molecule has 0 aliphatic carbocycles. The molecule has 0 fully saturated rings. The van der Waals surface area contributed by atoms with E-state index in [1.807, 2.05) is 50.2 Å². The van der Waals surface area contributed by atoms with E-state index in [0.717, 1.165) is 5.56 Å². The molecule has 2 aromatic carbocycles. The molecule has 0 aliphatic rings. The van der Waals surface area contributed by atoms with Crippen LogP contribution in [-0.4, -0.2) is 22.9 Å². The van der Waals surface area contributed by atoms with Gasteiger partial charge >= 0.3 is 5.97 Å². The molecule has 0 radical (unpaired) electrons. The summed E-state index contributed by atoms with van der Waals surface area (Å²) < 4.78 is 11.0. The van der Waals surface area contributed by atoms with Crippen LogP contribution in [0.4, 0.5) is 0 Å². The van der Waals surface area contributed by atoms with Crippen molar-refractivity contribution in [2.24, 2.45) is 5.92 Å². The monoisotopic (exact) mass is 392 g/mol. The molecule has 1 aromatic heterocycles. The van der Waals surface area contributed by atoms with Crippen LogP contribution < -0.4 is 5.32 Å². The minimum Gasteiger partial charge on any atom is -0.456 e. The molecule has 0 saturated carbocycles. The third-order valence-electron chi connectivity index (χ3n) is 4.26. The van der Waals surface area contributed by atoms with E-state index in [0.29, 0.717) is 23.6 Å². The summed E-state index contributed by atoms with van der Waals surface area (Å²) >= 11 is 0. The lowest BCUT2D eigenvalue weighted by atomic mass is 10.0. The van der Waals surface area contributed by atoms with Crippen molar-refractivity contribution in [1.82, 2.24) is 10.3 Å². The molecule has 0 saturated heterocycles. The van der Waals surface area contributed by atoms with E-state index in [-0.39, 0.29) is 18.4 Å². The van der Waals surface area contributed by atoms with Gasteiger partial charge in [0.1, 0.15) is 6.04 Å². The number of nitrogens with one attached hydrogen (secondary N) is 1. The number of oxazole rings is 1. The van der Waals surface area contributed by atoms with Gasteiger partial charge in [-0.25, -0.2) is 9.78 Å². The van der Waals surface area contributed by atoms with E-state index >= 15 is 0 Å². The molecule has 6 heteroatoms. The van der Waals surface area contributed by atoms with E-state index in [9.17, 15) is 9.59 Å². The van der Waals surface area contributed by atoms with Crippen molar-refractivity contribution in [3.05, 3.63) is 78.2 Å². The predicted molar refractivity (Wildman–Crippen MR) is 109 cm³/mol. The van der Waals surface area contributed by atoms with Gasteiger partial charge in [0.2, 0.25) is 5.89 Å². The lowest BCUT2D eigenvalue weighted by Gasteiger charge is -2.19. The number of hydrogen-bond acceptors (Lipinski definition) is 5. The van der Waals surface area contributed by atoms with Gasteiger partial charge in [-0.05, 0) is 36.6 Å². The van der Waals surface area contributed by atoms with Crippen LogP contribution in [-0.2, 0) is 16.1 Å². The van der Waals surface area contributed by atoms with Crippen LogP contribution >= 0.6 is 0 Å². The molecule has 3 rings (SSSR count). The molecule has 0 bridgehead atoms. The van der Waals surface area contributed by atoms with Crippen molar-refractivity contribution in [3.63, 3.8) is 0 Å². The first-order chi connectivity index (χ1) is 14.0. The predicted octanol–water partition coefficient (Wildman–Crippen LogP) is 4.23. The maximum absolute atomic E-state index is 12.6. The van der Waals surface area contributed by atoms with Gasteiger partial charge in [-0.1, -0.05) is 50.2 Å². The van der Waals surface area contributed by atoms with E-state index in [2.05, 4.69) is 10.3 Å². The second-order valence-corrected chi connectivity index (χ2v) is 7.13. The highest BCUT2D eigenvalue weighted by atomic mass is 16.5. The summed E-state index contributed by atoms with van der Waals surface area (Å²) in [5.41, 5.74) is 1.34. The Morgan fingerprint density at radius 2 is 1.69 bits per heavy atom. The Kier molecular flexibility index (Phi) is 6.79. The standard InChI is InChI=1S/C23H24N2O4/c1-16(2)13-20(25-21(26)17-9-5-3-6-10-17)23(27)28-15-19-14-24-22(29-19)18-11-7-4-8-12-18/h3-12,14,16,20H,13,15H2,1-2H3,(H,25,26). The first kappa shape index (κ1) is 20.3. The number of carbonyl (C=O) groups is 2. The van der Waals surface area contributed by atoms with Crippen molar-refractivity contribution in [3.8, 4) is 11.5 Å². The number of amides is 1. The fourth-order valence-corrected chi connectivity index (χ4v) is 2.85. The van der Waals surface area contributed by atoms with Crippen LogP contribution in [0.2, 0.25) is 0 Å². The zero-order valence-corrected chi connectivity index (χ0v) is 16.5. The molecule has 6 nitrogen and oxygen atoms in total. The SMILES string of the molecule is CC(C)CC(NC(=O)c1ccccc1)C(=O)OCc1cnc(-c2ccccc2)o1. The molecule has 0 spiro atoms. The van der Waals surface area contributed by atoms with Gasteiger partial charge in [-0.2, -0.15) is 0 Å². The van der Waals surface area contributed by atoms with Crippen LogP contribution in [0.15, 0.2) is 71.3 Å². The molecule has 1 heterocycles. The summed E-state index contributed by atoms with van der Waals surface area (Å²) in [5.74, 6) is 0.307. The van der Waals surface area contributed by atoms with E-state index in [4.69, 9.17) is 9.15 Å². The fraction of sp³-hybridized carbons (Fsp3) is 0.261. The minimum absolute atomic E-state index is 0.0472. The van der Waals surface area contributed by atoms with Gasteiger partial charge in [0, 0.05) is 11.1 Å². The molecular weight excluding hydrogens is 368 g/mol. The number of rotatable bonds is 8. The number of esters is 1. The summed E-state index contributed by atoms with van der Waals surface area (Å²) in [6.45, 7) is 3.92. The summed E-state index contributed by atoms with van der Waals surface area (Å²) in [5, 5.41) is 2.77. The highest BCUT2D eigenvalue weighted by Crippen LogP contribution is 2.19. The van der Waals surface area contributed by atoms with Gasteiger partial charge in [-0.15, -0.1) is 0 Å². The molecule has 1 atom stereocenters. The molecule has 1 amide bonds. The van der Waals surface area contributed by atoms with Crippen molar-refractivity contribution in [2.45, 2.75) is 32.9 Å². The van der Waals surface area contributed by atoms with Crippen molar-refractivity contribution in [1.29, 1.82) is 0 Å². The van der Waals surface area contributed by atoms with E-state index in [1.54, 1.807) is 24.3 Å². The lowest BCUT2D eigenvalue weighted by molar-refractivity contribution is -0.148. The highest BCUT2D eigenvalue weighted by molar-refractivity contribution is 5.96. The minimum atomic E-state index is -0.737. The Bertz CT molecular complexity index is 936. The third kappa shape index (κ3) is 5.78. The zero-order chi connectivity index (χ0) is 20.6. The van der Waals surface area contributed by atoms with Gasteiger partial charge in [-0.3, -0.25) is 4.79 Å². The van der Waals surface area contributed by atoms with Crippen molar-refractivity contribution < 1.29 is 18.7 Å². The molecule has 3 aromatic rings. The van der Waals surface area contributed by atoms with Gasteiger partial charge < -0.3 is 14.5 Å². The Balaban J connectivity index is 1.61. The molecule has 29 heavy (non-hydrogen) atoms. The maximum Gasteiger partial charge on any atom is 0.329 e. The summed E-state index contributed by atoms with van der Waals surface area (Å²) in [6, 6.07) is 17.5. The molecule has 1 N–H and O–H groups in total. The number of aromatic nitrogens is 1. The molecule has 150 valence electrons. The number of nitrogens with zero attached hydrogens (tertiary/aromatic N) is 1. The van der Waals surface area contributed by atoms with Gasteiger partial charge in [0.15, 0.2) is 12.4 Å². The molecule has 0 aliphatic heterocycles. The Morgan fingerprint density at radius 3 is 2.34 bits per heavy atom. The normalized spacial score (nSPS) is 11.8. The summed E-state index contributed by atoms with van der Waals surface area (Å²) in [6.07, 6.45) is 2.01. The van der Waals surface area contributed by atoms with Crippen LogP contribution in [0.3, 0.4) is 0 Å². The summed E-state index contributed by atoms with van der Waals surface area (Å²) in [7, 11) is 0. The van der Waals surface area contributed by atoms with Crippen LogP contribution in [0.25, 0.3) is 11.5 Å². The smallest absolute Gasteiger partial charge is 0.329 e. The molecule has 1 unspecified atom stereocenters. The maximum atomic E-state index is 12.6. The number of carbonyl (C=O) groups excluding carboxylic acids is 2. The largest absolute Gasteiger partial charge is 0.456 e. The second kappa shape index (κ2) is 9.68. The van der Waals surface area contributed by atoms with Crippen LogP contribution in [0, 0.1) is 5.92 Å². The van der Waals surface area contributed by atoms with Gasteiger partial charge in [0.05, 0.1) is 6.20 Å². The zero-order valence-electron chi connectivity index (χ0n) is 16.5. The van der Waals surface area contributed by atoms with Crippen molar-refractivity contribution >= 4 is 11.9 Å². The Morgan fingerprint density at radius 1 is 1.03 bits per heavy atom. The van der Waals surface area contributed by atoms with Crippen LogP contribution in [0.1, 0.15) is 36.4 Å². The van der Waals surface area contributed by atoms with Crippen LogP contribution in [0.5, 0.6) is 0 Å². The summed E-state index contributed by atoms with van der Waals surface area (Å²) in [4.78, 5) is 29.2. The Hall–Kier alpha value is -3.41. The van der Waals surface area contributed by atoms with E-state index in [1.165, 1.54) is 6.20 Å². The Labute approximate surface area is 169 Å². The lowest BCUT2D eigenvalue weighted by Crippen LogP contribution is -2.42. The first-order valence-corrected chi connectivity index (χ1v) is 9.55. The second-order valence-electron chi connectivity index (χ2n) is 7.13. The topological polar surface area (TPSA) is 81.4 Å². The van der Waals surface area contributed by atoms with Gasteiger partial charge in [0.25, 0.3) is 5.91 Å². The average molecular weight is 392 g/mol. The number of hydrogen-bond donors (Lipinski definition) is 1. The highest BCUT2D eigenvalue weighted by Gasteiger charge is 2.24. The first-order valence-electron chi connectivity index (χ1n) is 9.55. The van der Waals surface area contributed by atoms with Crippen molar-refractivity contribution in [2.75, 3.05) is 0 Å².